The van der Waals surface area contributed by atoms with Gasteiger partial charge in [0, 0.05) is 11.5 Å². The quantitative estimate of drug-likeness (QED) is 0.785. The molecule has 0 aliphatic carbocycles. The van der Waals surface area contributed by atoms with E-state index < -0.39 is 23.6 Å². The summed E-state index contributed by atoms with van der Waals surface area (Å²) in [6.45, 7) is 2.06. The maximum Gasteiger partial charge on any atom is 0.194 e. The lowest BCUT2D eigenvalue weighted by Crippen LogP contribution is -2.23. The lowest BCUT2D eigenvalue weighted by molar-refractivity contribution is 0.102. The zero-order valence-electron chi connectivity index (χ0n) is 9.59. The van der Waals surface area contributed by atoms with Gasteiger partial charge in [-0.1, -0.05) is 19.4 Å². The Labute approximate surface area is 98.3 Å². The third-order valence-electron chi connectivity index (χ3n) is 2.79. The number of hydrogen-bond donors (Lipinski definition) is 2. The van der Waals surface area contributed by atoms with E-state index in [9.17, 15) is 18.3 Å². The summed E-state index contributed by atoms with van der Waals surface area (Å²) in [5.41, 5.74) is 5.22. The largest absolute Gasteiger partial charge is 0.388 e. The number of benzene rings is 1. The summed E-state index contributed by atoms with van der Waals surface area (Å²) in [6.07, 6.45) is 0.149. The van der Waals surface area contributed by atoms with Crippen molar-refractivity contribution in [1.82, 2.24) is 0 Å². The van der Waals surface area contributed by atoms with Crippen LogP contribution in [0.3, 0.4) is 0 Å². The molecule has 0 aromatic heterocycles. The van der Waals surface area contributed by atoms with E-state index in [-0.39, 0.29) is 18.0 Å². The van der Waals surface area contributed by atoms with Crippen molar-refractivity contribution in [3.8, 4) is 0 Å². The number of hydrogen-bond acceptors (Lipinski definition) is 2. The van der Waals surface area contributed by atoms with Crippen LogP contribution in [0.15, 0.2) is 12.1 Å². The molecule has 96 valence electrons. The van der Waals surface area contributed by atoms with Gasteiger partial charge in [-0.25, -0.2) is 13.2 Å². The van der Waals surface area contributed by atoms with Crippen molar-refractivity contribution in [1.29, 1.82) is 0 Å². The molecule has 1 rings (SSSR count). The van der Waals surface area contributed by atoms with Crippen molar-refractivity contribution < 1.29 is 18.3 Å². The first-order chi connectivity index (χ1) is 8.02. The Morgan fingerprint density at radius 3 is 2.41 bits per heavy atom. The van der Waals surface area contributed by atoms with Gasteiger partial charge in [-0.15, -0.1) is 0 Å². The van der Waals surface area contributed by atoms with Crippen molar-refractivity contribution in [3.05, 3.63) is 35.1 Å². The van der Waals surface area contributed by atoms with Crippen molar-refractivity contribution >= 4 is 0 Å². The average molecular weight is 247 g/mol. The Hall–Kier alpha value is -1.07. The first-order valence-electron chi connectivity index (χ1n) is 5.54. The fourth-order valence-corrected chi connectivity index (χ4v) is 1.80. The van der Waals surface area contributed by atoms with Gasteiger partial charge in [-0.05, 0) is 19.0 Å². The number of rotatable bonds is 5. The molecule has 2 atom stereocenters. The molecule has 0 saturated heterocycles. The molecule has 17 heavy (non-hydrogen) atoms. The van der Waals surface area contributed by atoms with Gasteiger partial charge in [0.15, 0.2) is 17.5 Å². The molecule has 0 radical (unpaired) electrons. The molecular formula is C12H16F3NO. The van der Waals surface area contributed by atoms with E-state index in [0.717, 1.165) is 18.6 Å². The summed E-state index contributed by atoms with van der Waals surface area (Å²) in [6, 6.07) is 1.85. The lowest BCUT2D eigenvalue weighted by Gasteiger charge is -2.21. The van der Waals surface area contributed by atoms with Gasteiger partial charge in [0.1, 0.15) is 0 Å². The molecular weight excluding hydrogens is 231 g/mol. The molecule has 0 fully saturated rings. The second-order valence-corrected chi connectivity index (χ2v) is 3.99. The second-order valence-electron chi connectivity index (χ2n) is 3.99. The fourth-order valence-electron chi connectivity index (χ4n) is 1.80. The van der Waals surface area contributed by atoms with Gasteiger partial charge >= 0.3 is 0 Å². The minimum absolute atomic E-state index is 0.160. The lowest BCUT2D eigenvalue weighted by atomic mass is 9.91. The Morgan fingerprint density at radius 1 is 1.24 bits per heavy atom. The third kappa shape index (κ3) is 2.98. The molecule has 0 spiro atoms. The highest BCUT2D eigenvalue weighted by Crippen LogP contribution is 2.28. The van der Waals surface area contributed by atoms with Crippen LogP contribution in [0.5, 0.6) is 0 Å². The van der Waals surface area contributed by atoms with Gasteiger partial charge in [0.25, 0.3) is 0 Å². The highest BCUT2D eigenvalue weighted by atomic mass is 19.2. The van der Waals surface area contributed by atoms with Crippen LogP contribution in [0.4, 0.5) is 13.2 Å². The van der Waals surface area contributed by atoms with E-state index in [1.807, 2.05) is 6.92 Å². The third-order valence-corrected chi connectivity index (χ3v) is 2.79. The minimum Gasteiger partial charge on any atom is -0.388 e. The van der Waals surface area contributed by atoms with Crippen LogP contribution in [0.25, 0.3) is 0 Å². The smallest absolute Gasteiger partial charge is 0.194 e. The van der Waals surface area contributed by atoms with Crippen molar-refractivity contribution in [2.75, 3.05) is 6.54 Å². The highest BCUT2D eigenvalue weighted by Gasteiger charge is 2.24. The van der Waals surface area contributed by atoms with Crippen LogP contribution in [0.1, 0.15) is 31.4 Å². The molecule has 2 unspecified atom stereocenters. The van der Waals surface area contributed by atoms with Crippen LogP contribution in [-0.2, 0) is 0 Å². The maximum absolute atomic E-state index is 13.4. The molecule has 0 aliphatic heterocycles. The molecule has 0 bridgehead atoms. The maximum atomic E-state index is 13.4. The standard InChI is InChI=1S/C12H16F3NO/c1-2-3-7(6-16)12(17)8-4-5-9(13)11(15)10(8)14/h4-5,7,12,17H,2-3,6,16H2,1H3. The Bertz CT molecular complexity index is 384. The summed E-state index contributed by atoms with van der Waals surface area (Å²) in [4.78, 5) is 0. The van der Waals surface area contributed by atoms with Gasteiger partial charge < -0.3 is 10.8 Å². The molecule has 1 aromatic rings. The number of aliphatic hydroxyl groups is 1. The van der Waals surface area contributed by atoms with E-state index >= 15 is 0 Å². The van der Waals surface area contributed by atoms with Crippen molar-refractivity contribution in [2.24, 2.45) is 11.7 Å². The molecule has 1 aromatic carbocycles. The Balaban J connectivity index is 3.03. The number of aliphatic hydroxyl groups excluding tert-OH is 1. The van der Waals surface area contributed by atoms with E-state index in [1.165, 1.54) is 0 Å². The van der Waals surface area contributed by atoms with Gasteiger partial charge in [-0.2, -0.15) is 0 Å². The molecule has 0 amide bonds. The second kappa shape index (κ2) is 6.02. The summed E-state index contributed by atoms with van der Waals surface area (Å²) < 4.78 is 39.2. The fraction of sp³-hybridized carbons (Fsp3) is 0.500. The Kier molecular flexibility index (Phi) is 4.96. The molecule has 0 heterocycles. The summed E-state index contributed by atoms with van der Waals surface area (Å²) >= 11 is 0. The predicted molar refractivity (Wildman–Crippen MR) is 58.7 cm³/mol. The minimum atomic E-state index is -1.56. The summed E-state index contributed by atoms with van der Waals surface area (Å²) in [7, 11) is 0. The first kappa shape index (κ1) is 14.0. The average Bonchev–Trinajstić information content (AvgIpc) is 2.32. The zero-order chi connectivity index (χ0) is 13.0. The van der Waals surface area contributed by atoms with Crippen LogP contribution < -0.4 is 5.73 Å². The molecule has 0 saturated carbocycles. The predicted octanol–water partition coefficient (Wildman–Crippen LogP) is 2.51. The van der Waals surface area contributed by atoms with E-state index in [2.05, 4.69) is 0 Å². The normalized spacial score (nSPS) is 14.7. The van der Waals surface area contributed by atoms with Crippen molar-refractivity contribution in [2.45, 2.75) is 25.9 Å². The first-order valence-corrected chi connectivity index (χ1v) is 5.54. The van der Waals surface area contributed by atoms with Crippen molar-refractivity contribution in [3.63, 3.8) is 0 Å². The van der Waals surface area contributed by atoms with Gasteiger partial charge in [0.2, 0.25) is 0 Å². The van der Waals surface area contributed by atoms with Crippen LogP contribution in [0, 0.1) is 23.4 Å². The molecule has 2 nitrogen and oxygen atoms in total. The summed E-state index contributed by atoms with van der Waals surface area (Å²) in [5, 5.41) is 9.90. The highest BCUT2D eigenvalue weighted by molar-refractivity contribution is 5.23. The molecule has 5 heteroatoms. The van der Waals surface area contributed by atoms with Gasteiger partial charge in [-0.3, -0.25) is 0 Å². The monoisotopic (exact) mass is 247 g/mol. The van der Waals surface area contributed by atoms with Crippen LogP contribution in [-0.4, -0.2) is 11.7 Å². The van der Waals surface area contributed by atoms with Crippen LogP contribution >= 0.6 is 0 Å². The Morgan fingerprint density at radius 2 is 1.88 bits per heavy atom. The van der Waals surface area contributed by atoms with E-state index in [0.29, 0.717) is 6.42 Å². The van der Waals surface area contributed by atoms with E-state index in [1.54, 1.807) is 0 Å². The number of halogens is 3. The number of nitrogens with two attached hydrogens (primary N) is 1. The molecule has 3 N–H and O–H groups in total. The van der Waals surface area contributed by atoms with E-state index in [4.69, 9.17) is 5.73 Å². The topological polar surface area (TPSA) is 46.2 Å². The summed E-state index contributed by atoms with van der Waals surface area (Å²) in [5.74, 6) is -4.53. The molecule has 0 aliphatic rings. The SMILES string of the molecule is CCCC(CN)C(O)c1ccc(F)c(F)c1F. The van der Waals surface area contributed by atoms with Crippen LogP contribution in [0.2, 0.25) is 0 Å². The zero-order valence-corrected chi connectivity index (χ0v) is 9.59. The van der Waals surface area contributed by atoms with Gasteiger partial charge in [0.05, 0.1) is 6.10 Å².